The lowest BCUT2D eigenvalue weighted by Crippen LogP contribution is -2.07. The van der Waals surface area contributed by atoms with Crippen LogP contribution in [-0.2, 0) is 0 Å². The Labute approximate surface area is 91.1 Å². The van der Waals surface area contributed by atoms with Gasteiger partial charge < -0.3 is 0 Å². The first kappa shape index (κ1) is 15.9. The van der Waals surface area contributed by atoms with Gasteiger partial charge in [0.1, 0.15) is 0 Å². The van der Waals surface area contributed by atoms with Crippen LogP contribution in [0.5, 0.6) is 0 Å². The molecule has 0 unspecified atom stereocenters. The summed E-state index contributed by atoms with van der Waals surface area (Å²) in [6.07, 6.45) is 12.3. The van der Waals surface area contributed by atoms with Crippen molar-refractivity contribution >= 4 is 0 Å². The fourth-order valence-corrected chi connectivity index (χ4v) is 0.957. The summed E-state index contributed by atoms with van der Waals surface area (Å²) in [4.78, 5) is 0. The highest BCUT2D eigenvalue weighted by atomic mass is 14.2. The lowest BCUT2D eigenvalue weighted by atomic mass is 9.85. The minimum absolute atomic E-state index is 0.430. The Hall–Kier alpha value is -0.520. The second-order valence-electron chi connectivity index (χ2n) is 4.42. The largest absolute Gasteiger partial charge is 0.0916 e. The van der Waals surface area contributed by atoms with Crippen molar-refractivity contribution in [3.63, 3.8) is 0 Å². The molecule has 0 heteroatoms. The van der Waals surface area contributed by atoms with Gasteiger partial charge in [0, 0.05) is 0 Å². The molecule has 0 aromatic carbocycles. The minimum Gasteiger partial charge on any atom is -0.0916 e. The molecule has 0 radical (unpaired) electrons. The van der Waals surface area contributed by atoms with Gasteiger partial charge in [0.2, 0.25) is 0 Å². The van der Waals surface area contributed by atoms with Crippen molar-refractivity contribution in [1.29, 1.82) is 0 Å². The Balaban J connectivity index is 0. The van der Waals surface area contributed by atoms with Crippen molar-refractivity contribution in [3.8, 4) is 0 Å². The standard InChI is InChI=1S/C11H20.C3H8/c1-5-7-9-11(3,4)10-8-6-2;1-3-2/h5-8H,9-10H2,1-4H3;3H2,1-2H3/b7-5+,8-6+;. The predicted octanol–water partition coefficient (Wildman–Crippen LogP) is 5.36. The third kappa shape index (κ3) is 14.0. The first-order chi connectivity index (χ1) is 6.54. The maximum atomic E-state index is 2.30. The molecule has 0 aromatic rings. The molecule has 0 saturated carbocycles. The van der Waals surface area contributed by atoms with Gasteiger partial charge in [-0.2, -0.15) is 0 Å². The van der Waals surface area contributed by atoms with E-state index in [0.717, 1.165) is 0 Å². The Morgan fingerprint density at radius 3 is 1.36 bits per heavy atom. The van der Waals surface area contributed by atoms with Gasteiger partial charge in [0.25, 0.3) is 0 Å². The Morgan fingerprint density at radius 2 is 1.14 bits per heavy atom. The fraction of sp³-hybridized carbons (Fsp3) is 0.714. The summed E-state index contributed by atoms with van der Waals surface area (Å²) in [6.45, 7) is 13.0. The molecule has 0 atom stereocenters. The maximum absolute atomic E-state index is 2.30. The van der Waals surface area contributed by atoms with Crippen molar-refractivity contribution in [1.82, 2.24) is 0 Å². The molecule has 0 N–H and O–H groups in total. The average Bonchev–Trinajstić information content (AvgIpc) is 2.13. The normalized spacial score (nSPS) is 11.9. The van der Waals surface area contributed by atoms with Gasteiger partial charge >= 0.3 is 0 Å². The predicted molar refractivity (Wildman–Crippen MR) is 68.6 cm³/mol. The number of allylic oxidation sites excluding steroid dienone is 4. The summed E-state index contributed by atoms with van der Waals surface area (Å²) >= 11 is 0. The maximum Gasteiger partial charge on any atom is -0.0285 e. The van der Waals surface area contributed by atoms with Crippen LogP contribution in [0.25, 0.3) is 0 Å². The molecule has 0 spiro atoms. The molecule has 84 valence electrons. The van der Waals surface area contributed by atoms with Crippen molar-refractivity contribution in [2.45, 2.75) is 60.8 Å². The molecule has 0 aliphatic heterocycles. The third-order valence-corrected chi connectivity index (χ3v) is 1.81. The summed E-state index contributed by atoms with van der Waals surface area (Å²) < 4.78 is 0. The van der Waals surface area contributed by atoms with E-state index < -0.39 is 0 Å². The highest BCUT2D eigenvalue weighted by molar-refractivity contribution is 4.90. The summed E-state index contributed by atoms with van der Waals surface area (Å²) in [6, 6.07) is 0. The highest BCUT2D eigenvalue weighted by Gasteiger charge is 2.12. The van der Waals surface area contributed by atoms with E-state index in [9.17, 15) is 0 Å². The van der Waals surface area contributed by atoms with Gasteiger partial charge in [-0.1, -0.05) is 58.4 Å². The average molecular weight is 196 g/mol. The van der Waals surface area contributed by atoms with Crippen molar-refractivity contribution < 1.29 is 0 Å². The van der Waals surface area contributed by atoms with Crippen LogP contribution in [0.3, 0.4) is 0 Å². The molecular weight excluding hydrogens is 168 g/mol. The van der Waals surface area contributed by atoms with Crippen molar-refractivity contribution in [2.75, 3.05) is 0 Å². The van der Waals surface area contributed by atoms with Gasteiger partial charge in [-0.15, -0.1) is 0 Å². The van der Waals surface area contributed by atoms with Crippen LogP contribution in [0, 0.1) is 5.41 Å². The van der Waals surface area contributed by atoms with Gasteiger partial charge in [0.05, 0.1) is 0 Å². The van der Waals surface area contributed by atoms with Crippen LogP contribution in [0.15, 0.2) is 24.3 Å². The fourth-order valence-electron chi connectivity index (χ4n) is 0.957. The Morgan fingerprint density at radius 1 is 0.857 bits per heavy atom. The summed E-state index contributed by atoms with van der Waals surface area (Å²) in [5.74, 6) is 0. The molecule has 0 amide bonds. The van der Waals surface area contributed by atoms with E-state index in [2.05, 4.69) is 65.8 Å². The number of hydrogen-bond acceptors (Lipinski definition) is 0. The third-order valence-electron chi connectivity index (χ3n) is 1.81. The molecular formula is C14H28. The molecule has 0 fully saturated rings. The van der Waals surface area contributed by atoms with Gasteiger partial charge in [0.15, 0.2) is 0 Å². The Kier molecular flexibility index (Phi) is 12.0. The smallest absolute Gasteiger partial charge is 0.0285 e. The molecule has 0 saturated heterocycles. The van der Waals surface area contributed by atoms with Gasteiger partial charge in [-0.05, 0) is 32.1 Å². The minimum atomic E-state index is 0.430. The number of hydrogen-bond donors (Lipinski definition) is 0. The molecule has 0 aliphatic rings. The quantitative estimate of drug-likeness (QED) is 0.531. The van der Waals surface area contributed by atoms with E-state index in [1.54, 1.807) is 0 Å². The second-order valence-corrected chi connectivity index (χ2v) is 4.42. The monoisotopic (exact) mass is 196 g/mol. The second kappa shape index (κ2) is 10.6. The molecule has 0 bridgehead atoms. The molecule has 0 aliphatic carbocycles. The first-order valence-electron chi connectivity index (χ1n) is 5.76. The molecule has 0 heterocycles. The van der Waals surface area contributed by atoms with Crippen LogP contribution < -0.4 is 0 Å². The van der Waals surface area contributed by atoms with E-state index in [1.165, 1.54) is 19.3 Å². The zero-order chi connectivity index (χ0) is 11.4. The van der Waals surface area contributed by atoms with Crippen LogP contribution in [0.4, 0.5) is 0 Å². The molecule has 14 heavy (non-hydrogen) atoms. The summed E-state index contributed by atoms with van der Waals surface area (Å²) in [5, 5.41) is 0. The topological polar surface area (TPSA) is 0 Å². The lowest BCUT2D eigenvalue weighted by molar-refractivity contribution is 0.377. The highest BCUT2D eigenvalue weighted by Crippen LogP contribution is 2.25. The van der Waals surface area contributed by atoms with Gasteiger partial charge in [-0.25, -0.2) is 0 Å². The number of rotatable bonds is 4. The lowest BCUT2D eigenvalue weighted by Gasteiger charge is -2.20. The van der Waals surface area contributed by atoms with E-state index in [-0.39, 0.29) is 0 Å². The van der Waals surface area contributed by atoms with Crippen LogP contribution in [-0.4, -0.2) is 0 Å². The SMILES string of the molecule is C/C=C/CC(C)(C)C/C=C/C.CCC. The molecule has 0 aromatic heterocycles. The zero-order valence-corrected chi connectivity index (χ0v) is 10.9. The van der Waals surface area contributed by atoms with Gasteiger partial charge in [-0.3, -0.25) is 0 Å². The zero-order valence-electron chi connectivity index (χ0n) is 10.9. The van der Waals surface area contributed by atoms with Crippen LogP contribution in [0.1, 0.15) is 60.8 Å². The van der Waals surface area contributed by atoms with Crippen molar-refractivity contribution in [2.24, 2.45) is 5.41 Å². The Bertz CT molecular complexity index is 133. The van der Waals surface area contributed by atoms with E-state index in [4.69, 9.17) is 0 Å². The van der Waals surface area contributed by atoms with E-state index in [1.807, 2.05) is 0 Å². The summed E-state index contributed by atoms with van der Waals surface area (Å²) in [7, 11) is 0. The van der Waals surface area contributed by atoms with Crippen LogP contribution >= 0.6 is 0 Å². The molecule has 0 rings (SSSR count). The molecule has 0 nitrogen and oxygen atoms in total. The summed E-state index contributed by atoms with van der Waals surface area (Å²) in [5.41, 5.74) is 0.430. The first-order valence-corrected chi connectivity index (χ1v) is 5.76. The van der Waals surface area contributed by atoms with Crippen molar-refractivity contribution in [3.05, 3.63) is 24.3 Å². The van der Waals surface area contributed by atoms with Crippen LogP contribution in [0.2, 0.25) is 0 Å². The van der Waals surface area contributed by atoms with E-state index in [0.29, 0.717) is 5.41 Å². The van der Waals surface area contributed by atoms with E-state index >= 15 is 0 Å².